The van der Waals surface area contributed by atoms with Crippen molar-refractivity contribution in [3.05, 3.63) is 57.8 Å². The highest BCUT2D eigenvalue weighted by Gasteiger charge is 2.31. The Morgan fingerprint density at radius 3 is 2.61 bits per heavy atom. The van der Waals surface area contributed by atoms with Gasteiger partial charge in [0, 0.05) is 24.4 Å². The monoisotopic (exact) mass is 536 g/mol. The number of nitrogens with one attached hydrogen (secondary N) is 1. The Kier molecular flexibility index (Phi) is 7.24. The topological polar surface area (TPSA) is 128 Å². The summed E-state index contributed by atoms with van der Waals surface area (Å²) >= 11 is 0. The second-order valence-corrected chi connectivity index (χ2v) is 10.9. The van der Waals surface area contributed by atoms with Crippen LogP contribution in [0.3, 0.4) is 0 Å². The Morgan fingerprint density at radius 2 is 1.97 bits per heavy atom. The summed E-state index contributed by atoms with van der Waals surface area (Å²) in [6.07, 6.45) is 7.35. The zero-order chi connectivity index (χ0) is 27.0. The van der Waals surface area contributed by atoms with Gasteiger partial charge in [-0.2, -0.15) is 0 Å². The van der Waals surface area contributed by atoms with Gasteiger partial charge in [-0.15, -0.1) is 0 Å². The van der Waals surface area contributed by atoms with E-state index < -0.39 is 17.5 Å². The molecule has 0 bridgehead atoms. The number of halogens is 1. The highest BCUT2D eigenvalue weighted by molar-refractivity contribution is 7.84. The number of hydrogen-bond donors (Lipinski definition) is 1. The normalized spacial score (nSPS) is 15.0. The molecule has 0 radical (unpaired) electrons. The third-order valence-corrected chi connectivity index (χ3v) is 7.69. The second-order valence-electron chi connectivity index (χ2n) is 9.48. The van der Waals surface area contributed by atoms with Gasteiger partial charge in [-0.1, -0.05) is 6.92 Å². The second kappa shape index (κ2) is 10.6. The maximum Gasteiger partial charge on any atom is 0.295 e. The van der Waals surface area contributed by atoms with Crippen molar-refractivity contribution in [2.24, 2.45) is 0 Å². The fourth-order valence-electron chi connectivity index (χ4n) is 4.35. The lowest BCUT2D eigenvalue weighted by atomic mass is 10.1. The third kappa shape index (κ3) is 4.92. The molecule has 10 nitrogen and oxygen atoms in total. The number of fused-ring (bicyclic) bond motifs is 1. The van der Waals surface area contributed by atoms with Crippen LogP contribution in [0.4, 0.5) is 10.2 Å². The van der Waals surface area contributed by atoms with Crippen LogP contribution in [0.15, 0.2) is 34.3 Å². The van der Waals surface area contributed by atoms with Crippen LogP contribution in [0.25, 0.3) is 22.6 Å². The Balaban J connectivity index is 1.63. The van der Waals surface area contributed by atoms with Crippen molar-refractivity contribution in [3.8, 4) is 11.4 Å². The van der Waals surface area contributed by atoms with Crippen LogP contribution >= 0.6 is 0 Å². The molecule has 1 saturated carbocycles. The van der Waals surface area contributed by atoms with E-state index in [9.17, 15) is 13.4 Å². The molecule has 0 aliphatic heterocycles. The first-order chi connectivity index (χ1) is 18.3. The van der Waals surface area contributed by atoms with E-state index in [1.165, 1.54) is 6.33 Å². The molecule has 1 aliphatic carbocycles. The molecule has 198 valence electrons. The first-order valence-corrected chi connectivity index (χ1v) is 14.1. The largest absolute Gasteiger partial charge is 0.360 e. The number of anilines is 1. The molecule has 0 amide bonds. The molecule has 0 spiro atoms. The fraction of sp³-hybridized carbons (Fsp3) is 0.423. The standard InChI is InChI=1S/C26H29FN8O2S/c1-5-14(2)35-25-22(33-24(26(35)36)29-11-17-8-9-18(12-28-17)38(4)37)19(10-27)32-23(34-25)20-15(3)30-13-31-21(20)16-6-7-16/h8-9,12-14,16H,5-7,10-11H2,1-4H3,(H,29,33)/t14-,38?/m1/s1. The predicted molar refractivity (Wildman–Crippen MR) is 143 cm³/mol. The summed E-state index contributed by atoms with van der Waals surface area (Å²) in [5.74, 6) is 0.676. The number of rotatable bonds is 9. The molecule has 12 heteroatoms. The maximum absolute atomic E-state index is 14.4. The van der Waals surface area contributed by atoms with Gasteiger partial charge in [-0.3, -0.25) is 18.6 Å². The summed E-state index contributed by atoms with van der Waals surface area (Å²) in [6.45, 7) is 5.08. The Labute approximate surface area is 221 Å². The Bertz CT molecular complexity index is 1590. The molecular weight excluding hydrogens is 507 g/mol. The van der Waals surface area contributed by atoms with Gasteiger partial charge in [0.2, 0.25) is 0 Å². The van der Waals surface area contributed by atoms with Gasteiger partial charge in [0.1, 0.15) is 24.2 Å². The van der Waals surface area contributed by atoms with Crippen molar-refractivity contribution in [3.63, 3.8) is 0 Å². The molecule has 1 unspecified atom stereocenters. The van der Waals surface area contributed by atoms with E-state index in [0.29, 0.717) is 40.0 Å². The molecule has 1 fully saturated rings. The maximum atomic E-state index is 14.4. The molecule has 1 aliphatic rings. The predicted octanol–water partition coefficient (Wildman–Crippen LogP) is 4.01. The minimum Gasteiger partial charge on any atom is -0.360 e. The minimum atomic E-state index is -1.13. The lowest BCUT2D eigenvalue weighted by Crippen LogP contribution is -2.29. The highest BCUT2D eigenvalue weighted by atomic mass is 32.2. The van der Waals surface area contributed by atoms with Crippen molar-refractivity contribution in [2.45, 2.75) is 70.1 Å². The lowest BCUT2D eigenvalue weighted by molar-refractivity contribution is 0.477. The molecule has 2 atom stereocenters. The van der Waals surface area contributed by atoms with Crippen molar-refractivity contribution in [1.82, 2.24) is 34.5 Å². The Hall–Kier alpha value is -3.67. The smallest absolute Gasteiger partial charge is 0.295 e. The van der Waals surface area contributed by atoms with Gasteiger partial charge in [-0.05, 0) is 45.2 Å². The molecule has 4 aromatic rings. The van der Waals surface area contributed by atoms with Crippen molar-refractivity contribution < 1.29 is 8.60 Å². The van der Waals surface area contributed by atoms with E-state index in [2.05, 4.69) is 30.2 Å². The molecule has 0 aromatic carbocycles. The third-order valence-electron chi connectivity index (χ3n) is 6.79. The molecule has 4 heterocycles. The van der Waals surface area contributed by atoms with Gasteiger partial charge < -0.3 is 5.32 Å². The number of hydrogen-bond acceptors (Lipinski definition) is 9. The van der Waals surface area contributed by atoms with Gasteiger partial charge in [-0.25, -0.2) is 29.3 Å². The van der Waals surface area contributed by atoms with Crippen LogP contribution in [0.2, 0.25) is 0 Å². The number of aryl methyl sites for hydroxylation is 1. The summed E-state index contributed by atoms with van der Waals surface area (Å²) in [5.41, 5.74) is 3.14. The zero-order valence-electron chi connectivity index (χ0n) is 21.7. The van der Waals surface area contributed by atoms with Crippen LogP contribution in [0.5, 0.6) is 0 Å². The van der Waals surface area contributed by atoms with Crippen molar-refractivity contribution >= 4 is 27.8 Å². The van der Waals surface area contributed by atoms with Crippen LogP contribution in [-0.4, -0.2) is 44.9 Å². The molecule has 38 heavy (non-hydrogen) atoms. The van der Waals surface area contributed by atoms with Crippen LogP contribution < -0.4 is 10.9 Å². The summed E-state index contributed by atoms with van der Waals surface area (Å²) in [6, 6.07) is 3.24. The lowest BCUT2D eigenvalue weighted by Gasteiger charge is -2.19. The molecule has 0 saturated heterocycles. The summed E-state index contributed by atoms with van der Waals surface area (Å²) in [4.78, 5) is 41.2. The van der Waals surface area contributed by atoms with Crippen LogP contribution in [0.1, 0.15) is 67.8 Å². The van der Waals surface area contributed by atoms with E-state index in [4.69, 9.17) is 4.98 Å². The first kappa shape index (κ1) is 26.0. The number of pyridine rings is 1. The first-order valence-electron chi connectivity index (χ1n) is 12.6. The average Bonchev–Trinajstić information content (AvgIpc) is 3.76. The van der Waals surface area contributed by atoms with Gasteiger partial charge in [0.25, 0.3) is 5.56 Å². The number of nitrogens with zero attached hydrogens (tertiary/aromatic N) is 7. The number of aromatic nitrogens is 7. The van der Waals surface area contributed by atoms with Crippen LogP contribution in [0, 0.1) is 6.92 Å². The molecule has 5 rings (SSSR count). The molecule has 1 N–H and O–H groups in total. The fourth-order valence-corrected chi connectivity index (χ4v) is 4.81. The summed E-state index contributed by atoms with van der Waals surface area (Å²) < 4.78 is 27.6. The Morgan fingerprint density at radius 1 is 1.18 bits per heavy atom. The van der Waals surface area contributed by atoms with Gasteiger partial charge >= 0.3 is 0 Å². The van der Waals surface area contributed by atoms with E-state index in [1.54, 1.807) is 29.2 Å². The van der Waals surface area contributed by atoms with Crippen molar-refractivity contribution in [1.29, 1.82) is 0 Å². The van der Waals surface area contributed by atoms with Gasteiger partial charge in [0.05, 0.1) is 44.9 Å². The minimum absolute atomic E-state index is 0.0617. The van der Waals surface area contributed by atoms with Crippen molar-refractivity contribution in [2.75, 3.05) is 11.6 Å². The van der Waals surface area contributed by atoms with E-state index in [1.807, 2.05) is 20.8 Å². The van der Waals surface area contributed by atoms with E-state index in [-0.39, 0.29) is 40.8 Å². The number of alkyl halides is 1. The summed E-state index contributed by atoms with van der Waals surface area (Å²) in [5, 5.41) is 3.05. The van der Waals surface area contributed by atoms with E-state index >= 15 is 0 Å². The summed E-state index contributed by atoms with van der Waals surface area (Å²) in [7, 11) is -1.13. The van der Waals surface area contributed by atoms with E-state index in [0.717, 1.165) is 18.5 Å². The quantitative estimate of drug-likeness (QED) is 0.337. The zero-order valence-corrected chi connectivity index (χ0v) is 22.5. The average molecular weight is 537 g/mol. The SMILES string of the molecule is CC[C@@H](C)n1c(=O)c(NCc2ccc(S(C)=O)cn2)nc2c(CF)nc(-c3c(C)ncnc3C3CC3)nc21. The highest BCUT2D eigenvalue weighted by Crippen LogP contribution is 2.43. The molecule has 4 aromatic heterocycles. The van der Waals surface area contributed by atoms with Gasteiger partial charge in [0.15, 0.2) is 17.3 Å². The molecular formula is C26H29FN8O2S. The van der Waals surface area contributed by atoms with Crippen LogP contribution in [-0.2, 0) is 24.0 Å².